The highest BCUT2D eigenvalue weighted by molar-refractivity contribution is 7.92. The summed E-state index contributed by atoms with van der Waals surface area (Å²) in [4.78, 5) is 0.185. The van der Waals surface area contributed by atoms with Crippen molar-refractivity contribution in [2.45, 2.75) is 24.7 Å². The highest BCUT2D eigenvalue weighted by Crippen LogP contribution is 2.34. The number of nitrogens with one attached hydrogen (secondary N) is 1. The Morgan fingerprint density at radius 3 is 2.88 bits per heavy atom. The lowest BCUT2D eigenvalue weighted by atomic mass is 10.1. The zero-order chi connectivity index (χ0) is 18.3. The second-order valence-electron chi connectivity index (χ2n) is 6.00. The fraction of sp³-hybridized carbons (Fsp3) is 0.278. The summed E-state index contributed by atoms with van der Waals surface area (Å²) in [6.45, 7) is 2.53. The molecule has 2 heterocycles. The number of anilines is 1. The number of hydrogen-bond donors (Lipinski definition) is 1. The maximum Gasteiger partial charge on any atom is 0.262 e. The minimum absolute atomic E-state index is 0.185. The van der Waals surface area contributed by atoms with Crippen molar-refractivity contribution in [1.82, 2.24) is 5.16 Å². The van der Waals surface area contributed by atoms with Gasteiger partial charge in [0.1, 0.15) is 11.5 Å². The van der Waals surface area contributed by atoms with Crippen LogP contribution in [0.3, 0.4) is 0 Å². The van der Waals surface area contributed by atoms with Crippen LogP contribution in [0.15, 0.2) is 39.8 Å². The molecule has 1 aliphatic rings. The topological polar surface area (TPSA) is 90.7 Å². The van der Waals surface area contributed by atoms with Crippen LogP contribution in [0.2, 0.25) is 0 Å². The lowest BCUT2D eigenvalue weighted by Gasteiger charge is -2.12. The first-order valence-corrected chi connectivity index (χ1v) is 9.75. The molecule has 0 unspecified atom stereocenters. The molecule has 0 atom stereocenters. The van der Waals surface area contributed by atoms with Crippen LogP contribution in [0.5, 0.6) is 11.5 Å². The molecule has 26 heavy (non-hydrogen) atoms. The molecule has 8 heteroatoms. The first-order valence-electron chi connectivity index (χ1n) is 8.26. The van der Waals surface area contributed by atoms with E-state index in [1.54, 1.807) is 24.3 Å². The van der Waals surface area contributed by atoms with Gasteiger partial charge in [0.25, 0.3) is 10.0 Å². The van der Waals surface area contributed by atoms with Crippen LogP contribution in [-0.4, -0.2) is 27.3 Å². The quantitative estimate of drug-likeness (QED) is 0.738. The van der Waals surface area contributed by atoms with Gasteiger partial charge in [-0.15, -0.1) is 0 Å². The third-order valence-corrected chi connectivity index (χ3v) is 5.78. The standard InChI is InChI=1S/C18H18N2O5S/c1-3-14-13-9-15(18(23-2)10-17(13)25-19-14)20-26(21,22)12-4-5-16-11(8-12)6-7-24-16/h4-5,8-10,20H,3,6-7H2,1-2H3. The Bertz CT molecular complexity index is 1090. The summed E-state index contributed by atoms with van der Waals surface area (Å²) >= 11 is 0. The monoisotopic (exact) mass is 374 g/mol. The van der Waals surface area contributed by atoms with Gasteiger partial charge in [0.05, 0.1) is 30.0 Å². The van der Waals surface area contributed by atoms with E-state index in [0.29, 0.717) is 36.5 Å². The first-order chi connectivity index (χ1) is 12.5. The van der Waals surface area contributed by atoms with Crippen molar-refractivity contribution < 1.29 is 22.4 Å². The van der Waals surface area contributed by atoms with E-state index in [-0.39, 0.29) is 4.90 Å². The van der Waals surface area contributed by atoms with Crippen LogP contribution in [0.4, 0.5) is 5.69 Å². The van der Waals surface area contributed by atoms with Crippen molar-refractivity contribution in [2.24, 2.45) is 0 Å². The zero-order valence-corrected chi connectivity index (χ0v) is 15.2. The van der Waals surface area contributed by atoms with E-state index < -0.39 is 10.0 Å². The molecule has 3 aromatic rings. The Hall–Kier alpha value is -2.74. The van der Waals surface area contributed by atoms with Crippen molar-refractivity contribution >= 4 is 26.7 Å². The van der Waals surface area contributed by atoms with Crippen LogP contribution in [-0.2, 0) is 22.9 Å². The van der Waals surface area contributed by atoms with Gasteiger partial charge in [-0.25, -0.2) is 8.42 Å². The Morgan fingerprint density at radius 2 is 2.12 bits per heavy atom. The van der Waals surface area contributed by atoms with E-state index >= 15 is 0 Å². The second kappa shape index (κ2) is 6.21. The summed E-state index contributed by atoms with van der Waals surface area (Å²) in [5.74, 6) is 1.10. The molecule has 1 aliphatic heterocycles. The lowest BCUT2D eigenvalue weighted by molar-refractivity contribution is 0.356. The van der Waals surface area contributed by atoms with E-state index in [2.05, 4.69) is 9.88 Å². The molecule has 0 radical (unpaired) electrons. The number of fused-ring (bicyclic) bond motifs is 2. The van der Waals surface area contributed by atoms with E-state index in [4.69, 9.17) is 14.0 Å². The molecule has 0 bridgehead atoms. The SMILES string of the molecule is CCc1noc2cc(OC)c(NS(=O)(=O)c3ccc4c(c3)CCO4)cc12. The fourth-order valence-corrected chi connectivity index (χ4v) is 4.16. The second-order valence-corrected chi connectivity index (χ2v) is 7.69. The van der Waals surface area contributed by atoms with Gasteiger partial charge in [0.2, 0.25) is 0 Å². The molecule has 0 saturated carbocycles. The van der Waals surface area contributed by atoms with E-state index in [1.807, 2.05) is 6.92 Å². The van der Waals surface area contributed by atoms with Crippen LogP contribution in [0.25, 0.3) is 11.0 Å². The largest absolute Gasteiger partial charge is 0.494 e. The molecule has 0 saturated heterocycles. The fourth-order valence-electron chi connectivity index (χ4n) is 3.05. The van der Waals surface area contributed by atoms with Crippen LogP contribution < -0.4 is 14.2 Å². The van der Waals surface area contributed by atoms with Gasteiger partial charge in [0.15, 0.2) is 5.58 Å². The highest BCUT2D eigenvalue weighted by Gasteiger charge is 2.22. The molecule has 136 valence electrons. The van der Waals surface area contributed by atoms with Crippen molar-refractivity contribution in [3.05, 3.63) is 41.6 Å². The number of methoxy groups -OCH3 is 1. The summed E-state index contributed by atoms with van der Waals surface area (Å²) in [5.41, 5.74) is 2.55. The number of rotatable bonds is 5. The van der Waals surface area contributed by atoms with Gasteiger partial charge in [-0.05, 0) is 36.2 Å². The van der Waals surface area contributed by atoms with Crippen molar-refractivity contribution in [2.75, 3.05) is 18.4 Å². The van der Waals surface area contributed by atoms with E-state index in [1.165, 1.54) is 13.2 Å². The molecule has 7 nitrogen and oxygen atoms in total. The van der Waals surface area contributed by atoms with Gasteiger partial charge in [0, 0.05) is 17.9 Å². The van der Waals surface area contributed by atoms with Crippen LogP contribution in [0.1, 0.15) is 18.2 Å². The number of ether oxygens (including phenoxy) is 2. The Kier molecular flexibility index (Phi) is 3.99. The average Bonchev–Trinajstić information content (AvgIpc) is 3.26. The van der Waals surface area contributed by atoms with Crippen molar-refractivity contribution in [1.29, 1.82) is 0 Å². The van der Waals surface area contributed by atoms with Crippen molar-refractivity contribution in [3.8, 4) is 11.5 Å². The predicted octanol–water partition coefficient (Wildman–Crippen LogP) is 3.13. The first kappa shape index (κ1) is 16.7. The smallest absolute Gasteiger partial charge is 0.262 e. The minimum atomic E-state index is -3.78. The lowest BCUT2D eigenvalue weighted by Crippen LogP contribution is -2.14. The Balaban J connectivity index is 1.75. The maximum absolute atomic E-state index is 12.9. The molecule has 2 aromatic carbocycles. The number of aromatic nitrogens is 1. The number of benzene rings is 2. The highest BCUT2D eigenvalue weighted by atomic mass is 32.2. The third-order valence-electron chi connectivity index (χ3n) is 4.42. The Labute approximate surface area is 150 Å². The molecule has 0 spiro atoms. The third kappa shape index (κ3) is 2.76. The Morgan fingerprint density at radius 1 is 1.27 bits per heavy atom. The van der Waals surface area contributed by atoms with Crippen molar-refractivity contribution in [3.63, 3.8) is 0 Å². The minimum Gasteiger partial charge on any atom is -0.494 e. The number of hydrogen-bond acceptors (Lipinski definition) is 6. The van der Waals surface area contributed by atoms with Gasteiger partial charge in [-0.1, -0.05) is 12.1 Å². The summed E-state index contributed by atoms with van der Waals surface area (Å²) in [7, 11) is -2.30. The van der Waals surface area contributed by atoms with Gasteiger partial charge in [-0.2, -0.15) is 0 Å². The summed E-state index contributed by atoms with van der Waals surface area (Å²) in [6.07, 6.45) is 1.38. The molecular weight excluding hydrogens is 356 g/mol. The summed E-state index contributed by atoms with van der Waals surface area (Å²) < 4.78 is 44.4. The molecule has 0 aliphatic carbocycles. The zero-order valence-electron chi connectivity index (χ0n) is 14.4. The van der Waals surface area contributed by atoms with E-state index in [0.717, 1.165) is 22.4 Å². The van der Waals surface area contributed by atoms with Gasteiger partial charge < -0.3 is 14.0 Å². The van der Waals surface area contributed by atoms with Crippen LogP contribution in [0, 0.1) is 0 Å². The average molecular weight is 374 g/mol. The predicted molar refractivity (Wildman–Crippen MR) is 96.4 cm³/mol. The molecule has 0 amide bonds. The molecule has 4 rings (SSSR count). The summed E-state index contributed by atoms with van der Waals surface area (Å²) in [5, 5.41) is 4.76. The van der Waals surface area contributed by atoms with Gasteiger partial charge in [-0.3, -0.25) is 4.72 Å². The maximum atomic E-state index is 12.9. The van der Waals surface area contributed by atoms with Gasteiger partial charge >= 0.3 is 0 Å². The van der Waals surface area contributed by atoms with E-state index in [9.17, 15) is 8.42 Å². The molecule has 1 N–H and O–H groups in total. The molecular formula is C18H18N2O5S. The molecule has 0 fully saturated rings. The number of aryl methyl sites for hydroxylation is 1. The number of sulfonamides is 1. The summed E-state index contributed by atoms with van der Waals surface area (Å²) in [6, 6.07) is 8.20. The van der Waals surface area contributed by atoms with Crippen LogP contribution >= 0.6 is 0 Å². The molecule has 1 aromatic heterocycles. The normalized spacial score (nSPS) is 13.5. The number of nitrogens with zero attached hydrogens (tertiary/aromatic N) is 1.